The molecule has 7 heteroatoms. The third kappa shape index (κ3) is 5.01. The zero-order valence-corrected chi connectivity index (χ0v) is 15.2. The van der Waals surface area contributed by atoms with Gasteiger partial charge in [-0.2, -0.15) is 0 Å². The summed E-state index contributed by atoms with van der Waals surface area (Å²) in [5.41, 5.74) is 2.25. The van der Waals surface area contributed by atoms with Gasteiger partial charge in [0.15, 0.2) is 0 Å². The first-order valence-corrected chi connectivity index (χ1v) is 9.10. The van der Waals surface area contributed by atoms with Crippen LogP contribution >= 0.6 is 35.4 Å². The number of rotatable bonds is 6. The summed E-state index contributed by atoms with van der Waals surface area (Å²) < 4.78 is 4.52. The van der Waals surface area contributed by atoms with E-state index >= 15 is 0 Å². The number of carboxylic acids is 1. The summed E-state index contributed by atoms with van der Waals surface area (Å²) in [7, 11) is 0. The molecule has 0 aromatic heterocycles. The van der Waals surface area contributed by atoms with Crippen molar-refractivity contribution in [3.05, 3.63) is 59.1 Å². The summed E-state index contributed by atoms with van der Waals surface area (Å²) in [5.74, 6) is -1.13. The molecule has 0 saturated heterocycles. The van der Waals surface area contributed by atoms with Crippen molar-refractivity contribution < 1.29 is 18.9 Å². The Morgan fingerprint density at radius 3 is 2.46 bits per heavy atom. The van der Waals surface area contributed by atoms with Gasteiger partial charge in [-0.1, -0.05) is 65.8 Å². The zero-order valence-electron chi connectivity index (χ0n) is 12.8. The molecule has 0 radical (unpaired) electrons. The van der Waals surface area contributed by atoms with Crippen LogP contribution in [0, 0.1) is 0 Å². The Labute approximate surface area is 153 Å². The number of hydrogen-bond acceptors (Lipinski definition) is 5. The third-order valence-corrected chi connectivity index (χ3v) is 5.27. The predicted octanol–water partition coefficient (Wildman–Crippen LogP) is 5.67. The Morgan fingerprint density at radius 1 is 1.17 bits per heavy atom. The van der Waals surface area contributed by atoms with E-state index in [1.807, 2.05) is 30.3 Å². The van der Waals surface area contributed by atoms with Gasteiger partial charge in [-0.05, 0) is 29.7 Å². The second-order valence-electron chi connectivity index (χ2n) is 4.68. The van der Waals surface area contributed by atoms with Crippen molar-refractivity contribution in [2.45, 2.75) is 12.2 Å². The van der Waals surface area contributed by atoms with Crippen molar-refractivity contribution in [3.8, 4) is 11.1 Å². The van der Waals surface area contributed by atoms with Crippen LogP contribution in [0.4, 0.5) is 4.79 Å². The van der Waals surface area contributed by atoms with Gasteiger partial charge in [0.2, 0.25) is 0 Å². The van der Waals surface area contributed by atoms with Gasteiger partial charge >= 0.3 is 5.97 Å². The molecule has 2 aromatic carbocycles. The quantitative estimate of drug-likeness (QED) is 0.649. The first-order valence-electron chi connectivity index (χ1n) is 7.10. The maximum absolute atomic E-state index is 11.8. The number of carbonyl (C=O) groups is 2. The minimum Gasteiger partial charge on any atom is -0.480 e. The van der Waals surface area contributed by atoms with Crippen molar-refractivity contribution in [3.63, 3.8) is 0 Å². The number of halogens is 1. The molecule has 1 atom stereocenters. The molecule has 0 bridgehead atoms. The van der Waals surface area contributed by atoms with Gasteiger partial charge in [-0.25, -0.2) is 0 Å². The van der Waals surface area contributed by atoms with E-state index in [0.29, 0.717) is 41.0 Å². The molecule has 0 spiro atoms. The number of hydrogen-bond donors (Lipinski definition) is 1. The molecule has 0 amide bonds. The lowest BCUT2D eigenvalue weighted by Gasteiger charge is -2.14. The van der Waals surface area contributed by atoms with E-state index in [-0.39, 0.29) is 0 Å². The topological polar surface area (TPSA) is 63.6 Å². The molecule has 24 heavy (non-hydrogen) atoms. The number of carboxylic acid groups (broad SMARTS) is 1. The number of aliphatic carboxylic acids is 1. The lowest BCUT2D eigenvalue weighted by atomic mass is 10.0. The van der Waals surface area contributed by atoms with Crippen LogP contribution in [0.3, 0.4) is 0 Å². The van der Waals surface area contributed by atoms with E-state index in [1.165, 1.54) is 0 Å². The Kier molecular flexibility index (Phi) is 7.17. The summed E-state index contributed by atoms with van der Waals surface area (Å²) in [5, 5.41) is 8.66. The van der Waals surface area contributed by atoms with Crippen LogP contribution in [0.25, 0.3) is 11.1 Å². The van der Waals surface area contributed by atoms with Crippen LogP contribution in [-0.2, 0) is 8.98 Å². The van der Waals surface area contributed by atoms with E-state index in [9.17, 15) is 14.7 Å². The molecular weight excluding hydrogens is 368 g/mol. The van der Waals surface area contributed by atoms with Crippen molar-refractivity contribution in [1.29, 1.82) is 0 Å². The molecule has 126 valence electrons. The molecule has 0 saturated carbocycles. The van der Waals surface area contributed by atoms with Crippen LogP contribution in [0.5, 0.6) is 0 Å². The van der Waals surface area contributed by atoms with Gasteiger partial charge in [0.1, 0.15) is 5.25 Å². The highest BCUT2D eigenvalue weighted by molar-refractivity contribution is 8.37. The van der Waals surface area contributed by atoms with Crippen molar-refractivity contribution >= 4 is 45.8 Å². The highest BCUT2D eigenvalue weighted by Gasteiger charge is 2.27. The van der Waals surface area contributed by atoms with Crippen molar-refractivity contribution in [1.82, 2.24) is 0 Å². The van der Waals surface area contributed by atoms with Crippen LogP contribution in [-0.4, -0.2) is 22.1 Å². The smallest absolute Gasteiger partial charge is 0.321 e. The average Bonchev–Trinajstić information content (AvgIpc) is 2.58. The minimum atomic E-state index is -1.13. The highest BCUT2D eigenvalue weighted by atomic mass is 35.5. The summed E-state index contributed by atoms with van der Waals surface area (Å²) in [6, 6.07) is 14.8. The second kappa shape index (κ2) is 9.13. The highest BCUT2D eigenvalue weighted by Crippen LogP contribution is 2.38. The largest absolute Gasteiger partial charge is 0.480 e. The van der Waals surface area contributed by atoms with E-state index in [2.05, 4.69) is 0 Å². The van der Waals surface area contributed by atoms with E-state index < -0.39 is 15.7 Å². The minimum absolute atomic E-state index is 0.311. The van der Waals surface area contributed by atoms with Crippen LogP contribution in [0.15, 0.2) is 48.5 Å². The number of benzene rings is 2. The molecular formula is C17H15ClO4S2. The second-order valence-corrected chi connectivity index (χ2v) is 7.19. The SMILES string of the molecule is CCOSC(=O)SC(C(=O)O)c1ccc(-c2ccccc2)cc1Cl. The molecule has 0 aliphatic heterocycles. The predicted molar refractivity (Wildman–Crippen MR) is 99.5 cm³/mol. The Balaban J connectivity index is 2.24. The third-order valence-electron chi connectivity index (χ3n) is 3.07. The maximum Gasteiger partial charge on any atom is 0.321 e. The lowest BCUT2D eigenvalue weighted by molar-refractivity contribution is -0.136. The first kappa shape index (κ1) is 18.9. The van der Waals surface area contributed by atoms with E-state index in [0.717, 1.165) is 11.1 Å². The fourth-order valence-electron chi connectivity index (χ4n) is 2.02. The van der Waals surface area contributed by atoms with Gasteiger partial charge in [0.25, 0.3) is 4.45 Å². The summed E-state index contributed by atoms with van der Waals surface area (Å²) >= 11 is 7.60. The van der Waals surface area contributed by atoms with Gasteiger partial charge in [0.05, 0.1) is 18.6 Å². The molecule has 2 aromatic rings. The lowest BCUT2D eigenvalue weighted by Crippen LogP contribution is -2.10. The molecule has 0 fully saturated rings. The van der Waals surface area contributed by atoms with Crippen LogP contribution in [0.2, 0.25) is 5.02 Å². The van der Waals surface area contributed by atoms with Gasteiger partial charge < -0.3 is 9.29 Å². The molecule has 1 unspecified atom stereocenters. The monoisotopic (exact) mass is 382 g/mol. The average molecular weight is 383 g/mol. The standard InChI is InChI=1S/C17H15ClO4S2/c1-2-22-24-17(21)23-15(16(19)20)13-9-8-12(10-14(13)18)11-6-4-3-5-7-11/h3-10,15H,2H2,1H3,(H,19,20). The van der Waals surface area contributed by atoms with Crippen LogP contribution < -0.4 is 0 Å². The van der Waals surface area contributed by atoms with Crippen molar-refractivity contribution in [2.24, 2.45) is 0 Å². The molecule has 1 N–H and O–H groups in total. The Morgan fingerprint density at radius 2 is 1.88 bits per heavy atom. The molecule has 4 nitrogen and oxygen atoms in total. The van der Waals surface area contributed by atoms with E-state index in [1.54, 1.807) is 25.1 Å². The Hall–Kier alpha value is -1.47. The maximum atomic E-state index is 11.8. The summed E-state index contributed by atoms with van der Waals surface area (Å²) in [6.07, 6.45) is 0. The fourth-order valence-corrected chi connectivity index (χ4v) is 3.80. The number of carbonyl (C=O) groups excluding carboxylic acids is 1. The first-order chi connectivity index (χ1) is 11.5. The van der Waals surface area contributed by atoms with Crippen molar-refractivity contribution in [2.75, 3.05) is 6.61 Å². The van der Waals surface area contributed by atoms with Gasteiger partial charge in [-0.15, -0.1) is 0 Å². The molecule has 0 heterocycles. The summed E-state index contributed by atoms with van der Waals surface area (Å²) in [6.45, 7) is 2.11. The normalized spacial score (nSPS) is 11.9. The van der Waals surface area contributed by atoms with E-state index in [4.69, 9.17) is 15.8 Å². The van der Waals surface area contributed by atoms with Gasteiger partial charge in [0, 0.05) is 5.02 Å². The van der Waals surface area contributed by atoms with Crippen LogP contribution in [0.1, 0.15) is 17.7 Å². The molecule has 2 rings (SSSR count). The molecule has 0 aliphatic carbocycles. The fraction of sp³-hybridized carbons (Fsp3) is 0.176. The Bertz CT molecular complexity index is 722. The zero-order chi connectivity index (χ0) is 17.5. The summed E-state index contributed by atoms with van der Waals surface area (Å²) in [4.78, 5) is 23.3. The van der Waals surface area contributed by atoms with Gasteiger partial charge in [-0.3, -0.25) is 9.59 Å². The number of thioether (sulfide) groups is 1. The molecule has 0 aliphatic rings.